The van der Waals surface area contributed by atoms with Gasteiger partial charge < -0.3 is 5.32 Å². The van der Waals surface area contributed by atoms with Crippen molar-refractivity contribution in [2.75, 3.05) is 13.1 Å². The molecule has 3 rings (SSSR count). The number of hydrogen-bond acceptors (Lipinski definition) is 4. The minimum absolute atomic E-state index is 0. The van der Waals surface area contributed by atoms with Crippen molar-refractivity contribution >= 4 is 41.6 Å². The number of carbonyl (C=O) groups is 1. The lowest BCUT2D eigenvalue weighted by Gasteiger charge is -2.13. The molecule has 1 aromatic heterocycles. The Balaban J connectivity index is 0.00000261. The van der Waals surface area contributed by atoms with Crippen molar-refractivity contribution in [2.45, 2.75) is 43.8 Å². The molecule has 0 saturated carbocycles. The van der Waals surface area contributed by atoms with Crippen LogP contribution in [0.5, 0.6) is 0 Å². The number of thioether (sulfide) groups is 1. The number of Topliss-reactive ketones (excluding diaryl/α,β-unsaturated/α-hetero) is 1. The van der Waals surface area contributed by atoms with Gasteiger partial charge in [-0.25, -0.2) is 0 Å². The molecule has 1 aliphatic heterocycles. The summed E-state index contributed by atoms with van der Waals surface area (Å²) in [5, 5.41) is 4.27. The third kappa shape index (κ3) is 5.95. The maximum Gasteiger partial charge on any atom is 0.164 e. The summed E-state index contributed by atoms with van der Waals surface area (Å²) in [7, 11) is 0. The summed E-state index contributed by atoms with van der Waals surface area (Å²) in [6.45, 7) is 6.12. The number of hydrogen-bond donors (Lipinski definition) is 1. The molecule has 0 saturated heterocycles. The van der Waals surface area contributed by atoms with Gasteiger partial charge in [0.05, 0.1) is 10.7 Å². The van der Waals surface area contributed by atoms with E-state index in [9.17, 15) is 4.79 Å². The molecule has 0 unspecified atom stereocenters. The molecular weight excluding hydrogens is 399 g/mol. The van der Waals surface area contributed by atoms with Crippen molar-refractivity contribution < 1.29 is 4.79 Å². The summed E-state index contributed by atoms with van der Waals surface area (Å²) in [5.74, 6) is 1.28. The zero-order valence-corrected chi connectivity index (χ0v) is 18.1. The van der Waals surface area contributed by atoms with E-state index < -0.39 is 0 Å². The number of rotatable bonds is 6. The largest absolute Gasteiger partial charge is 0.316 e. The van der Waals surface area contributed by atoms with E-state index in [1.54, 1.807) is 18.0 Å². The van der Waals surface area contributed by atoms with Gasteiger partial charge in [-0.05, 0) is 61.2 Å². The second-order valence-corrected chi connectivity index (χ2v) is 8.51. The maximum absolute atomic E-state index is 12.1. The Labute approximate surface area is 177 Å². The quantitative estimate of drug-likeness (QED) is 0.499. The van der Waals surface area contributed by atoms with Crippen LogP contribution in [-0.4, -0.2) is 23.9 Å². The highest BCUT2D eigenvalue weighted by Crippen LogP contribution is 2.35. The average Bonchev–Trinajstić information content (AvgIpc) is 2.86. The predicted molar refractivity (Wildman–Crippen MR) is 117 cm³/mol. The van der Waals surface area contributed by atoms with Crippen LogP contribution in [0.1, 0.15) is 47.4 Å². The van der Waals surface area contributed by atoms with Crippen molar-refractivity contribution in [1.82, 2.24) is 10.3 Å². The van der Waals surface area contributed by atoms with E-state index in [4.69, 9.17) is 11.6 Å². The van der Waals surface area contributed by atoms with E-state index >= 15 is 0 Å². The van der Waals surface area contributed by atoms with Crippen LogP contribution in [0.2, 0.25) is 5.02 Å². The van der Waals surface area contributed by atoms with Crippen LogP contribution in [-0.2, 0) is 18.6 Å². The fourth-order valence-corrected chi connectivity index (χ4v) is 4.59. The second kappa shape index (κ2) is 10.5. The number of halogens is 2. The first-order valence-corrected chi connectivity index (χ1v) is 10.5. The fraction of sp³-hybridized carbons (Fsp3) is 0.429. The lowest BCUT2D eigenvalue weighted by molar-refractivity contribution is 0.0967. The Morgan fingerprint density at radius 3 is 2.70 bits per heavy atom. The predicted octanol–water partition coefficient (Wildman–Crippen LogP) is 5.37. The van der Waals surface area contributed by atoms with Gasteiger partial charge in [-0.2, -0.15) is 0 Å². The first-order valence-electron chi connectivity index (χ1n) is 9.16. The Morgan fingerprint density at radius 1 is 1.22 bits per heavy atom. The molecule has 146 valence electrons. The zero-order chi connectivity index (χ0) is 18.5. The summed E-state index contributed by atoms with van der Waals surface area (Å²) in [6.07, 6.45) is 4.33. The molecular formula is C21H26Cl2N2OS. The molecule has 0 radical (unpaired) electrons. The molecule has 6 heteroatoms. The number of fused-ring (bicyclic) bond motifs is 1. The molecule has 1 N–H and O–H groups in total. The Morgan fingerprint density at radius 2 is 2.00 bits per heavy atom. The Bertz CT molecular complexity index is 778. The smallest absolute Gasteiger partial charge is 0.164 e. The number of nitrogens with zero attached hydrogens (tertiary/aromatic N) is 1. The monoisotopic (exact) mass is 424 g/mol. The number of pyridine rings is 1. The van der Waals surface area contributed by atoms with Crippen LogP contribution in [0.3, 0.4) is 0 Å². The lowest BCUT2D eigenvalue weighted by Crippen LogP contribution is -2.16. The molecule has 27 heavy (non-hydrogen) atoms. The third-order valence-electron chi connectivity index (χ3n) is 4.54. The molecule has 2 aromatic rings. The van der Waals surface area contributed by atoms with Gasteiger partial charge in [0.1, 0.15) is 0 Å². The van der Waals surface area contributed by atoms with E-state index in [1.807, 2.05) is 18.2 Å². The second-order valence-electron chi connectivity index (χ2n) is 7.11. The standard InChI is InChI=1S/C21H25ClN2OS.ClH/c1-14(2)11-20(25)16-3-5-17(24-12-16)13-26-21-18-8-10-23-9-7-15(18)4-6-19(21)22;/h3-6,12,14,23H,7-11,13H2,1-2H3;1H. The van der Waals surface area contributed by atoms with E-state index in [0.29, 0.717) is 17.9 Å². The molecule has 1 aromatic carbocycles. The lowest BCUT2D eigenvalue weighted by atomic mass is 10.0. The topological polar surface area (TPSA) is 42.0 Å². The van der Waals surface area contributed by atoms with Gasteiger partial charge in [-0.1, -0.05) is 31.5 Å². The maximum atomic E-state index is 12.1. The van der Waals surface area contributed by atoms with Crippen LogP contribution in [0.15, 0.2) is 35.4 Å². The average molecular weight is 425 g/mol. The van der Waals surface area contributed by atoms with Gasteiger partial charge in [0.2, 0.25) is 0 Å². The highest BCUT2D eigenvalue weighted by Gasteiger charge is 2.16. The van der Waals surface area contributed by atoms with Crippen LogP contribution in [0.25, 0.3) is 0 Å². The highest BCUT2D eigenvalue weighted by molar-refractivity contribution is 7.98. The van der Waals surface area contributed by atoms with Crippen LogP contribution in [0.4, 0.5) is 0 Å². The Kier molecular flexibility index (Phi) is 8.62. The molecule has 0 spiro atoms. The van der Waals surface area contributed by atoms with Gasteiger partial charge in [0.15, 0.2) is 5.78 Å². The van der Waals surface area contributed by atoms with E-state index in [2.05, 4.69) is 30.2 Å². The number of carbonyl (C=O) groups excluding carboxylic acids is 1. The fourth-order valence-electron chi connectivity index (χ4n) is 3.18. The minimum atomic E-state index is 0. The summed E-state index contributed by atoms with van der Waals surface area (Å²) < 4.78 is 0. The normalized spacial score (nSPS) is 13.6. The molecule has 1 aliphatic rings. The van der Waals surface area contributed by atoms with Crippen molar-refractivity contribution in [3.63, 3.8) is 0 Å². The zero-order valence-electron chi connectivity index (χ0n) is 15.8. The first kappa shape index (κ1) is 22.2. The van der Waals surface area contributed by atoms with Gasteiger partial charge in [0, 0.05) is 28.8 Å². The summed E-state index contributed by atoms with van der Waals surface area (Å²) in [5.41, 5.74) is 4.43. The molecule has 0 fully saturated rings. The molecule has 0 amide bonds. The summed E-state index contributed by atoms with van der Waals surface area (Å²) >= 11 is 8.23. The number of aromatic nitrogens is 1. The van der Waals surface area contributed by atoms with Crippen LogP contribution in [0, 0.1) is 5.92 Å². The van der Waals surface area contributed by atoms with Gasteiger partial charge in [0.25, 0.3) is 0 Å². The van der Waals surface area contributed by atoms with E-state index in [1.165, 1.54) is 16.0 Å². The van der Waals surface area contributed by atoms with Gasteiger partial charge in [-0.3, -0.25) is 9.78 Å². The van der Waals surface area contributed by atoms with Crippen molar-refractivity contribution in [3.05, 3.63) is 57.9 Å². The van der Waals surface area contributed by atoms with Gasteiger partial charge in [-0.15, -0.1) is 24.2 Å². The number of nitrogens with one attached hydrogen (secondary N) is 1. The highest BCUT2D eigenvalue weighted by atomic mass is 35.5. The number of ketones is 1. The molecule has 0 atom stereocenters. The molecule has 0 bridgehead atoms. The van der Waals surface area contributed by atoms with E-state index in [0.717, 1.165) is 42.4 Å². The Hall–Kier alpha value is -1.07. The van der Waals surface area contributed by atoms with Crippen molar-refractivity contribution in [1.29, 1.82) is 0 Å². The van der Waals surface area contributed by atoms with Crippen LogP contribution >= 0.6 is 35.8 Å². The number of benzene rings is 1. The third-order valence-corrected chi connectivity index (χ3v) is 6.16. The SMILES string of the molecule is CC(C)CC(=O)c1ccc(CSc2c(Cl)ccc3c2CCNCC3)nc1.Cl. The van der Waals surface area contributed by atoms with Crippen molar-refractivity contribution in [3.8, 4) is 0 Å². The first-order chi connectivity index (χ1) is 12.5. The molecule has 3 nitrogen and oxygen atoms in total. The van der Waals surface area contributed by atoms with Crippen molar-refractivity contribution in [2.24, 2.45) is 5.92 Å². The molecule has 2 heterocycles. The van der Waals surface area contributed by atoms with Crippen LogP contribution < -0.4 is 5.32 Å². The summed E-state index contributed by atoms with van der Waals surface area (Å²) in [6, 6.07) is 8.01. The van der Waals surface area contributed by atoms with E-state index in [-0.39, 0.29) is 18.2 Å². The minimum Gasteiger partial charge on any atom is -0.316 e. The van der Waals surface area contributed by atoms with Gasteiger partial charge >= 0.3 is 0 Å². The summed E-state index contributed by atoms with van der Waals surface area (Å²) in [4.78, 5) is 17.8. The molecule has 0 aliphatic carbocycles.